The smallest absolute Gasteiger partial charge is 0.374 e. The van der Waals surface area contributed by atoms with Crippen molar-refractivity contribution in [3.8, 4) is 0 Å². The highest BCUT2D eigenvalue weighted by molar-refractivity contribution is 6.34. The van der Waals surface area contributed by atoms with Gasteiger partial charge in [0.25, 0.3) is 5.60 Å². The van der Waals surface area contributed by atoms with E-state index >= 15 is 0 Å². The maximum atomic E-state index is 14.2. The van der Waals surface area contributed by atoms with Crippen molar-refractivity contribution >= 4 is 34.7 Å². The predicted molar refractivity (Wildman–Crippen MR) is 123 cm³/mol. The van der Waals surface area contributed by atoms with E-state index in [-0.39, 0.29) is 27.2 Å². The second-order valence-electron chi connectivity index (χ2n) is 8.09. The van der Waals surface area contributed by atoms with Crippen LogP contribution in [0.15, 0.2) is 46.5 Å². The Morgan fingerprint density at radius 2 is 1.71 bits per heavy atom. The van der Waals surface area contributed by atoms with Gasteiger partial charge in [0.05, 0.1) is 5.71 Å². The number of nitrogens with zero attached hydrogens (tertiary/aromatic N) is 3. The Labute approximate surface area is 208 Å². The average Bonchev–Trinajstić information content (AvgIpc) is 3.20. The second-order valence-corrected chi connectivity index (χ2v) is 8.96. The number of hydrogen-bond acceptors (Lipinski definition) is 3. The van der Waals surface area contributed by atoms with Gasteiger partial charge in [0.15, 0.2) is 0 Å². The fraction of sp³-hybridized carbons (Fsp3) is 0.391. The summed E-state index contributed by atoms with van der Waals surface area (Å²) in [7, 11) is 1.60. The fourth-order valence-corrected chi connectivity index (χ4v) is 4.19. The van der Waals surface area contributed by atoms with Crippen molar-refractivity contribution in [2.45, 2.75) is 38.2 Å². The first-order valence-corrected chi connectivity index (χ1v) is 11.1. The summed E-state index contributed by atoms with van der Waals surface area (Å²) in [5.41, 5.74) is -1.79. The first-order chi connectivity index (χ1) is 16.2. The Morgan fingerprint density at radius 1 is 1.09 bits per heavy atom. The standard InChI is InChI=1S/C23H21Cl2F6N3O/c1-4-34(3)20(32-12-22(26,27)28)18-6-5-14(7-13(18)2)19-11-21(35-33-19,23(29,30)31)15-8-16(24)10-17(25)9-15/h5-10H,4,11-12H2,1-3H3. The van der Waals surface area contributed by atoms with Crippen molar-refractivity contribution in [1.82, 2.24) is 4.90 Å². The molecule has 2 aromatic rings. The van der Waals surface area contributed by atoms with Gasteiger partial charge in [-0.15, -0.1) is 0 Å². The Morgan fingerprint density at radius 3 is 2.23 bits per heavy atom. The van der Waals surface area contributed by atoms with E-state index in [0.29, 0.717) is 23.2 Å². The number of rotatable bonds is 5. The fourth-order valence-electron chi connectivity index (χ4n) is 3.67. The molecule has 190 valence electrons. The molecular weight excluding hydrogens is 519 g/mol. The summed E-state index contributed by atoms with van der Waals surface area (Å²) in [5, 5.41) is 3.74. The Kier molecular flexibility index (Phi) is 7.67. The van der Waals surface area contributed by atoms with Gasteiger partial charge in [-0.05, 0) is 49.2 Å². The van der Waals surface area contributed by atoms with E-state index in [9.17, 15) is 26.3 Å². The molecule has 1 aliphatic heterocycles. The molecule has 12 heteroatoms. The number of oxime groups is 1. The molecule has 0 spiro atoms. The molecule has 0 N–H and O–H groups in total. The minimum Gasteiger partial charge on any atom is -0.374 e. The highest BCUT2D eigenvalue weighted by Gasteiger charge is 2.62. The quantitative estimate of drug-likeness (QED) is 0.230. The molecule has 0 amide bonds. The lowest BCUT2D eigenvalue weighted by Gasteiger charge is -2.29. The van der Waals surface area contributed by atoms with Gasteiger partial charge in [-0.2, -0.15) is 26.3 Å². The Bertz CT molecular complexity index is 1140. The lowest BCUT2D eigenvalue weighted by molar-refractivity contribution is -0.275. The molecule has 1 unspecified atom stereocenters. The van der Waals surface area contributed by atoms with E-state index in [4.69, 9.17) is 28.0 Å². The number of halogens is 8. The third-order valence-corrected chi connectivity index (χ3v) is 6.00. The molecule has 4 nitrogen and oxygen atoms in total. The third kappa shape index (κ3) is 5.86. The molecule has 0 fully saturated rings. The highest BCUT2D eigenvalue weighted by Crippen LogP contribution is 2.49. The minimum absolute atomic E-state index is 0.0130. The van der Waals surface area contributed by atoms with Crippen LogP contribution in [-0.4, -0.2) is 48.9 Å². The van der Waals surface area contributed by atoms with E-state index in [0.717, 1.165) is 12.1 Å². The highest BCUT2D eigenvalue weighted by atomic mass is 35.5. The van der Waals surface area contributed by atoms with Crippen molar-refractivity contribution < 1.29 is 31.2 Å². The van der Waals surface area contributed by atoms with E-state index in [1.807, 2.05) is 0 Å². The number of amidine groups is 1. The summed E-state index contributed by atoms with van der Waals surface area (Å²) in [6.07, 6.45) is -9.97. The molecule has 2 aromatic carbocycles. The minimum atomic E-state index is -4.84. The summed E-state index contributed by atoms with van der Waals surface area (Å²) in [5.74, 6) is 0.122. The lowest BCUT2D eigenvalue weighted by Crippen LogP contribution is -2.42. The average molecular weight is 540 g/mol. The van der Waals surface area contributed by atoms with Gasteiger partial charge < -0.3 is 9.74 Å². The van der Waals surface area contributed by atoms with Gasteiger partial charge in [-0.1, -0.05) is 40.5 Å². The van der Waals surface area contributed by atoms with Crippen molar-refractivity contribution in [2.75, 3.05) is 20.1 Å². The van der Waals surface area contributed by atoms with Gasteiger partial charge in [-0.25, -0.2) is 0 Å². The van der Waals surface area contributed by atoms with Gasteiger partial charge in [-0.3, -0.25) is 4.99 Å². The van der Waals surface area contributed by atoms with E-state index in [1.165, 1.54) is 18.2 Å². The molecule has 0 aliphatic carbocycles. The summed E-state index contributed by atoms with van der Waals surface area (Å²) in [4.78, 5) is 10.3. The zero-order chi connectivity index (χ0) is 26.2. The first kappa shape index (κ1) is 27.1. The molecule has 35 heavy (non-hydrogen) atoms. The van der Waals surface area contributed by atoms with Crippen LogP contribution in [0.1, 0.15) is 35.6 Å². The summed E-state index contributed by atoms with van der Waals surface area (Å²) in [6, 6.07) is 8.09. The molecule has 1 heterocycles. The molecular formula is C23H21Cl2F6N3O. The largest absolute Gasteiger partial charge is 0.435 e. The first-order valence-electron chi connectivity index (χ1n) is 10.4. The zero-order valence-electron chi connectivity index (χ0n) is 18.9. The summed E-state index contributed by atoms with van der Waals surface area (Å²) < 4.78 is 80.9. The third-order valence-electron chi connectivity index (χ3n) is 5.56. The van der Waals surface area contributed by atoms with Crippen LogP contribution in [0.4, 0.5) is 26.3 Å². The lowest BCUT2D eigenvalue weighted by atomic mass is 9.86. The van der Waals surface area contributed by atoms with Crippen LogP contribution in [0.25, 0.3) is 0 Å². The molecule has 0 bridgehead atoms. The van der Waals surface area contributed by atoms with Crippen LogP contribution in [0.2, 0.25) is 10.0 Å². The molecule has 0 radical (unpaired) electrons. The van der Waals surface area contributed by atoms with Crippen LogP contribution in [0, 0.1) is 6.92 Å². The predicted octanol–water partition coefficient (Wildman–Crippen LogP) is 7.14. The Balaban J connectivity index is 1.97. The van der Waals surface area contributed by atoms with Crippen LogP contribution in [0.5, 0.6) is 0 Å². The molecule has 1 aliphatic rings. The second kappa shape index (κ2) is 9.89. The normalized spacial score (nSPS) is 18.9. The number of aryl methyl sites for hydroxylation is 1. The summed E-state index contributed by atoms with van der Waals surface area (Å²) >= 11 is 11.8. The summed E-state index contributed by atoms with van der Waals surface area (Å²) in [6.45, 7) is 2.44. The van der Waals surface area contributed by atoms with Gasteiger partial charge >= 0.3 is 12.4 Å². The van der Waals surface area contributed by atoms with Crippen molar-refractivity contribution in [2.24, 2.45) is 10.1 Å². The maximum Gasteiger partial charge on any atom is 0.435 e. The van der Waals surface area contributed by atoms with Crippen LogP contribution in [0.3, 0.4) is 0 Å². The Hall–Kier alpha value is -2.46. The molecule has 3 rings (SSSR count). The number of aliphatic imine (C=N–C) groups is 1. The molecule has 0 aromatic heterocycles. The van der Waals surface area contributed by atoms with Gasteiger partial charge in [0.2, 0.25) is 0 Å². The number of alkyl halides is 6. The maximum absolute atomic E-state index is 14.2. The molecule has 0 saturated carbocycles. The van der Waals surface area contributed by atoms with Crippen LogP contribution in [-0.2, 0) is 10.4 Å². The van der Waals surface area contributed by atoms with Crippen molar-refractivity contribution in [3.05, 3.63) is 68.7 Å². The van der Waals surface area contributed by atoms with Gasteiger partial charge in [0, 0.05) is 41.2 Å². The van der Waals surface area contributed by atoms with Crippen molar-refractivity contribution in [1.29, 1.82) is 0 Å². The van der Waals surface area contributed by atoms with E-state index < -0.39 is 30.9 Å². The molecule has 1 atom stereocenters. The van der Waals surface area contributed by atoms with Crippen molar-refractivity contribution in [3.63, 3.8) is 0 Å². The zero-order valence-corrected chi connectivity index (χ0v) is 20.4. The SMILES string of the molecule is CCN(C)C(=NCC(F)(F)F)c1ccc(C2=NOC(c3cc(Cl)cc(Cl)c3)(C(F)(F)F)C2)cc1C. The number of hydrogen-bond donors (Lipinski definition) is 0. The van der Waals surface area contributed by atoms with Gasteiger partial charge in [0.1, 0.15) is 12.4 Å². The molecule has 0 saturated heterocycles. The van der Waals surface area contributed by atoms with Crippen LogP contribution >= 0.6 is 23.2 Å². The number of benzene rings is 2. The van der Waals surface area contributed by atoms with E-state index in [2.05, 4.69) is 10.1 Å². The van der Waals surface area contributed by atoms with E-state index in [1.54, 1.807) is 31.9 Å². The monoisotopic (exact) mass is 539 g/mol. The van der Waals surface area contributed by atoms with Crippen LogP contribution < -0.4 is 0 Å². The topological polar surface area (TPSA) is 37.2 Å².